The average Bonchev–Trinajstić information content (AvgIpc) is 2.83. The van der Waals surface area contributed by atoms with Crippen molar-refractivity contribution in [3.05, 3.63) is 106 Å². The molecular formula is C26H20Cl2N2O3. The van der Waals surface area contributed by atoms with Gasteiger partial charge in [-0.1, -0.05) is 59.6 Å². The molecular weight excluding hydrogens is 459 g/mol. The first kappa shape index (κ1) is 22.6. The van der Waals surface area contributed by atoms with Gasteiger partial charge in [0.05, 0.1) is 18.3 Å². The number of halogens is 2. The van der Waals surface area contributed by atoms with Crippen molar-refractivity contribution in [3.63, 3.8) is 0 Å². The highest BCUT2D eigenvalue weighted by molar-refractivity contribution is 6.32. The van der Waals surface area contributed by atoms with Gasteiger partial charge in [-0.2, -0.15) is 5.10 Å². The number of nitrogens with one attached hydrogen (secondary N) is 1. The van der Waals surface area contributed by atoms with E-state index in [1.54, 1.807) is 36.4 Å². The molecule has 0 radical (unpaired) electrons. The normalized spacial score (nSPS) is 11.0. The summed E-state index contributed by atoms with van der Waals surface area (Å²) in [5.74, 6) is 0.555. The van der Waals surface area contributed by atoms with E-state index in [2.05, 4.69) is 34.8 Å². The Hall–Kier alpha value is -3.54. The van der Waals surface area contributed by atoms with Crippen molar-refractivity contribution in [3.8, 4) is 11.5 Å². The van der Waals surface area contributed by atoms with Crippen LogP contribution >= 0.6 is 23.2 Å². The molecule has 0 saturated carbocycles. The van der Waals surface area contributed by atoms with Crippen LogP contribution in [0.2, 0.25) is 10.0 Å². The van der Waals surface area contributed by atoms with Gasteiger partial charge in [0.1, 0.15) is 6.61 Å². The highest BCUT2D eigenvalue weighted by atomic mass is 35.5. The summed E-state index contributed by atoms with van der Waals surface area (Å²) in [5.41, 5.74) is 4.58. The maximum atomic E-state index is 12.2. The highest BCUT2D eigenvalue weighted by Crippen LogP contribution is 2.36. The van der Waals surface area contributed by atoms with Crippen LogP contribution in [0.5, 0.6) is 11.5 Å². The Morgan fingerprint density at radius 3 is 2.48 bits per heavy atom. The van der Waals surface area contributed by atoms with Gasteiger partial charge >= 0.3 is 0 Å². The summed E-state index contributed by atoms with van der Waals surface area (Å²) in [7, 11) is 1.54. The third-order valence-corrected chi connectivity index (χ3v) is 5.47. The number of rotatable bonds is 7. The van der Waals surface area contributed by atoms with Crippen molar-refractivity contribution in [1.29, 1.82) is 0 Å². The molecule has 4 rings (SSSR count). The monoisotopic (exact) mass is 478 g/mol. The van der Waals surface area contributed by atoms with E-state index in [-0.39, 0.29) is 5.91 Å². The molecule has 0 aliphatic carbocycles. The van der Waals surface area contributed by atoms with E-state index in [0.29, 0.717) is 39.3 Å². The minimum atomic E-state index is -0.351. The molecule has 0 heterocycles. The van der Waals surface area contributed by atoms with Crippen molar-refractivity contribution in [1.82, 2.24) is 5.43 Å². The van der Waals surface area contributed by atoms with Crippen molar-refractivity contribution >= 4 is 46.1 Å². The van der Waals surface area contributed by atoms with Gasteiger partial charge in [0, 0.05) is 10.6 Å². The molecule has 4 aromatic carbocycles. The van der Waals surface area contributed by atoms with Crippen LogP contribution in [0, 0.1) is 0 Å². The van der Waals surface area contributed by atoms with E-state index in [9.17, 15) is 4.79 Å². The average molecular weight is 479 g/mol. The Morgan fingerprint density at radius 2 is 1.73 bits per heavy atom. The zero-order valence-electron chi connectivity index (χ0n) is 17.7. The second-order valence-electron chi connectivity index (χ2n) is 7.21. The molecule has 4 aromatic rings. The van der Waals surface area contributed by atoms with Crippen LogP contribution < -0.4 is 14.9 Å². The Balaban J connectivity index is 1.45. The van der Waals surface area contributed by atoms with Gasteiger partial charge in [0.25, 0.3) is 5.91 Å². The highest BCUT2D eigenvalue weighted by Gasteiger charge is 2.12. The Kier molecular flexibility index (Phi) is 7.13. The molecule has 0 atom stereocenters. The van der Waals surface area contributed by atoms with Crippen LogP contribution in [0.15, 0.2) is 84.0 Å². The lowest BCUT2D eigenvalue weighted by Crippen LogP contribution is -2.17. The van der Waals surface area contributed by atoms with Gasteiger partial charge < -0.3 is 9.47 Å². The van der Waals surface area contributed by atoms with E-state index in [4.69, 9.17) is 32.7 Å². The number of ether oxygens (including phenoxy) is 2. The lowest BCUT2D eigenvalue weighted by molar-refractivity contribution is 0.0955. The lowest BCUT2D eigenvalue weighted by atomic mass is 10.1. The summed E-state index contributed by atoms with van der Waals surface area (Å²) in [6, 6.07) is 24.3. The van der Waals surface area contributed by atoms with Gasteiger partial charge in [-0.15, -0.1) is 0 Å². The fourth-order valence-electron chi connectivity index (χ4n) is 3.27. The molecule has 166 valence electrons. The summed E-state index contributed by atoms with van der Waals surface area (Å²) in [4.78, 5) is 12.2. The number of hydrogen-bond donors (Lipinski definition) is 1. The first-order valence-corrected chi connectivity index (χ1v) is 10.9. The van der Waals surface area contributed by atoms with Crippen LogP contribution in [0.25, 0.3) is 10.8 Å². The van der Waals surface area contributed by atoms with E-state index >= 15 is 0 Å². The fourth-order valence-corrected chi connectivity index (χ4v) is 3.67. The van der Waals surface area contributed by atoms with Crippen LogP contribution in [0.1, 0.15) is 21.5 Å². The molecule has 0 aliphatic heterocycles. The van der Waals surface area contributed by atoms with Crippen molar-refractivity contribution < 1.29 is 14.3 Å². The second-order valence-corrected chi connectivity index (χ2v) is 8.05. The maximum absolute atomic E-state index is 12.2. The molecule has 0 spiro atoms. The summed E-state index contributed by atoms with van der Waals surface area (Å²) in [5, 5.41) is 7.24. The van der Waals surface area contributed by atoms with E-state index < -0.39 is 0 Å². The molecule has 0 unspecified atom stereocenters. The number of carbonyl (C=O) groups is 1. The summed E-state index contributed by atoms with van der Waals surface area (Å²) < 4.78 is 11.4. The van der Waals surface area contributed by atoms with Gasteiger partial charge in [0.15, 0.2) is 11.5 Å². The number of hydrogen-bond acceptors (Lipinski definition) is 4. The predicted molar refractivity (Wildman–Crippen MR) is 133 cm³/mol. The molecule has 0 fully saturated rings. The van der Waals surface area contributed by atoms with Crippen LogP contribution in [0.3, 0.4) is 0 Å². The maximum Gasteiger partial charge on any atom is 0.271 e. The number of hydrazone groups is 1. The van der Waals surface area contributed by atoms with E-state index in [1.165, 1.54) is 18.7 Å². The second kappa shape index (κ2) is 10.4. The number of carbonyl (C=O) groups excluding carboxylic acids is 1. The molecule has 0 aliphatic rings. The molecule has 1 N–H and O–H groups in total. The molecule has 7 heteroatoms. The van der Waals surface area contributed by atoms with Gasteiger partial charge in [-0.25, -0.2) is 5.43 Å². The number of benzene rings is 4. The molecule has 0 saturated heterocycles. The van der Waals surface area contributed by atoms with Crippen LogP contribution in [0.4, 0.5) is 0 Å². The van der Waals surface area contributed by atoms with Crippen LogP contribution in [-0.4, -0.2) is 19.2 Å². The number of nitrogens with zero attached hydrogens (tertiary/aromatic N) is 1. The van der Waals surface area contributed by atoms with E-state index in [0.717, 1.165) is 10.9 Å². The Bertz CT molecular complexity index is 1320. The minimum absolute atomic E-state index is 0.339. The summed E-state index contributed by atoms with van der Waals surface area (Å²) >= 11 is 12.3. The number of fused-ring (bicyclic) bond motifs is 1. The Labute approximate surface area is 201 Å². The number of amides is 1. The number of methoxy groups -OCH3 is 1. The Morgan fingerprint density at radius 1 is 0.970 bits per heavy atom. The van der Waals surface area contributed by atoms with Gasteiger partial charge in [-0.3, -0.25) is 4.79 Å². The first-order valence-electron chi connectivity index (χ1n) is 10.1. The van der Waals surface area contributed by atoms with E-state index in [1.807, 2.05) is 18.2 Å². The lowest BCUT2D eigenvalue weighted by Gasteiger charge is -2.13. The zero-order valence-corrected chi connectivity index (χ0v) is 19.2. The zero-order chi connectivity index (χ0) is 23.2. The first-order chi connectivity index (χ1) is 16.0. The van der Waals surface area contributed by atoms with Crippen molar-refractivity contribution in [2.45, 2.75) is 6.61 Å². The molecule has 33 heavy (non-hydrogen) atoms. The topological polar surface area (TPSA) is 59.9 Å². The third-order valence-electron chi connectivity index (χ3n) is 4.93. The SMILES string of the molecule is COc1cc(/C=N\NC(=O)c2ccc(Cl)cc2)cc(Cl)c1OCc1ccc2ccccc2c1. The smallest absolute Gasteiger partial charge is 0.271 e. The standard InChI is InChI=1S/C26H20Cl2N2O3/c1-32-24-14-18(15-29-30-26(31)20-8-10-22(27)11-9-20)13-23(28)25(24)33-16-17-6-7-19-4-2-3-5-21(19)12-17/h2-15H,16H2,1H3,(H,30,31)/b29-15-. The summed E-state index contributed by atoms with van der Waals surface area (Å²) in [6.45, 7) is 0.339. The predicted octanol–water partition coefficient (Wildman–Crippen LogP) is 6.50. The largest absolute Gasteiger partial charge is 0.493 e. The van der Waals surface area contributed by atoms with Crippen molar-refractivity contribution in [2.24, 2.45) is 5.10 Å². The third kappa shape index (κ3) is 5.64. The molecule has 5 nitrogen and oxygen atoms in total. The molecule has 0 aromatic heterocycles. The quantitative estimate of drug-likeness (QED) is 0.243. The molecule has 1 amide bonds. The van der Waals surface area contributed by atoms with Crippen LogP contribution in [-0.2, 0) is 6.61 Å². The van der Waals surface area contributed by atoms with Gasteiger partial charge in [0.2, 0.25) is 0 Å². The molecule has 0 bridgehead atoms. The van der Waals surface area contributed by atoms with Gasteiger partial charge in [-0.05, 0) is 64.4 Å². The van der Waals surface area contributed by atoms with Crippen molar-refractivity contribution in [2.75, 3.05) is 7.11 Å². The minimum Gasteiger partial charge on any atom is -0.493 e. The summed E-state index contributed by atoms with van der Waals surface area (Å²) in [6.07, 6.45) is 1.48. The fraction of sp³-hybridized carbons (Fsp3) is 0.0769.